The normalized spacial score (nSPS) is 15.0. The fourth-order valence-corrected chi connectivity index (χ4v) is 3.16. The summed E-state index contributed by atoms with van der Waals surface area (Å²) in [5.41, 5.74) is 8.40. The molecule has 1 atom stereocenters. The van der Waals surface area contributed by atoms with Crippen LogP contribution in [0.3, 0.4) is 0 Å². The summed E-state index contributed by atoms with van der Waals surface area (Å²) in [5.74, 6) is 5.46. The number of halogens is 1. The van der Waals surface area contributed by atoms with Gasteiger partial charge in [0.1, 0.15) is 5.82 Å². The second-order valence-corrected chi connectivity index (χ2v) is 5.90. The SMILES string of the molecule is Cc1ccc(C(Cc2ccc3c(c2)CCC3)NN)c(F)c1. The van der Waals surface area contributed by atoms with Crippen molar-refractivity contribution in [3.8, 4) is 0 Å². The zero-order valence-electron chi connectivity index (χ0n) is 12.3. The maximum Gasteiger partial charge on any atom is 0.128 e. The highest BCUT2D eigenvalue weighted by Gasteiger charge is 2.17. The van der Waals surface area contributed by atoms with Crippen LogP contribution >= 0.6 is 0 Å². The molecule has 0 saturated heterocycles. The van der Waals surface area contributed by atoms with E-state index in [-0.39, 0.29) is 11.9 Å². The Labute approximate surface area is 125 Å². The highest BCUT2D eigenvalue weighted by Crippen LogP contribution is 2.26. The third-order valence-electron chi connectivity index (χ3n) is 4.34. The van der Waals surface area contributed by atoms with E-state index in [0.717, 1.165) is 12.0 Å². The van der Waals surface area contributed by atoms with E-state index in [4.69, 9.17) is 5.84 Å². The lowest BCUT2D eigenvalue weighted by Gasteiger charge is -2.18. The number of hydrogen-bond acceptors (Lipinski definition) is 2. The van der Waals surface area contributed by atoms with Crippen molar-refractivity contribution in [2.24, 2.45) is 5.84 Å². The van der Waals surface area contributed by atoms with E-state index < -0.39 is 0 Å². The van der Waals surface area contributed by atoms with Crippen LogP contribution in [-0.4, -0.2) is 0 Å². The van der Waals surface area contributed by atoms with Gasteiger partial charge >= 0.3 is 0 Å². The quantitative estimate of drug-likeness (QED) is 0.667. The summed E-state index contributed by atoms with van der Waals surface area (Å²) >= 11 is 0. The van der Waals surface area contributed by atoms with Gasteiger partial charge in [0.2, 0.25) is 0 Å². The first-order valence-electron chi connectivity index (χ1n) is 7.50. The summed E-state index contributed by atoms with van der Waals surface area (Å²) in [6, 6.07) is 11.7. The Kier molecular flexibility index (Phi) is 4.04. The van der Waals surface area contributed by atoms with Crippen molar-refractivity contribution in [1.29, 1.82) is 0 Å². The molecular weight excluding hydrogens is 263 g/mol. The van der Waals surface area contributed by atoms with Crippen LogP contribution in [0.15, 0.2) is 36.4 Å². The average Bonchev–Trinajstić information content (AvgIpc) is 2.93. The third-order valence-corrected chi connectivity index (χ3v) is 4.34. The molecule has 0 fully saturated rings. The molecule has 0 saturated carbocycles. The molecule has 0 aliphatic heterocycles. The maximum absolute atomic E-state index is 14.1. The minimum atomic E-state index is -0.204. The van der Waals surface area contributed by atoms with Gasteiger partial charge in [0.15, 0.2) is 0 Å². The molecule has 2 aromatic rings. The van der Waals surface area contributed by atoms with Gasteiger partial charge in [0.25, 0.3) is 0 Å². The van der Waals surface area contributed by atoms with Crippen LogP contribution in [0.4, 0.5) is 4.39 Å². The minimum Gasteiger partial charge on any atom is -0.271 e. The molecule has 0 spiro atoms. The molecule has 21 heavy (non-hydrogen) atoms. The van der Waals surface area contributed by atoms with Gasteiger partial charge in [0, 0.05) is 5.56 Å². The van der Waals surface area contributed by atoms with Gasteiger partial charge in [-0.2, -0.15) is 0 Å². The monoisotopic (exact) mass is 284 g/mol. The lowest BCUT2D eigenvalue weighted by atomic mass is 9.96. The average molecular weight is 284 g/mol. The van der Waals surface area contributed by atoms with E-state index in [1.54, 1.807) is 6.07 Å². The molecule has 2 aromatic carbocycles. The third kappa shape index (κ3) is 2.99. The molecule has 0 aromatic heterocycles. The van der Waals surface area contributed by atoms with Crippen LogP contribution in [0.5, 0.6) is 0 Å². The lowest BCUT2D eigenvalue weighted by Crippen LogP contribution is -2.30. The largest absolute Gasteiger partial charge is 0.271 e. The molecular formula is C18H21FN2. The van der Waals surface area contributed by atoms with E-state index in [1.165, 1.54) is 29.5 Å². The van der Waals surface area contributed by atoms with Crippen molar-refractivity contribution in [1.82, 2.24) is 5.43 Å². The minimum absolute atomic E-state index is 0.195. The highest BCUT2D eigenvalue weighted by molar-refractivity contribution is 5.36. The predicted octanol–water partition coefficient (Wildman–Crippen LogP) is 3.37. The van der Waals surface area contributed by atoms with Gasteiger partial charge in [-0.05, 0) is 60.9 Å². The second kappa shape index (κ2) is 5.96. The molecule has 110 valence electrons. The van der Waals surface area contributed by atoms with E-state index in [9.17, 15) is 4.39 Å². The molecule has 1 aliphatic rings. The lowest BCUT2D eigenvalue weighted by molar-refractivity contribution is 0.510. The zero-order chi connectivity index (χ0) is 14.8. The van der Waals surface area contributed by atoms with Gasteiger partial charge < -0.3 is 0 Å². The molecule has 2 nitrogen and oxygen atoms in total. The van der Waals surface area contributed by atoms with Crippen LogP contribution < -0.4 is 11.3 Å². The molecule has 0 amide bonds. The summed E-state index contributed by atoms with van der Waals surface area (Å²) < 4.78 is 14.1. The number of nitrogens with two attached hydrogens (primary N) is 1. The van der Waals surface area contributed by atoms with Crippen molar-refractivity contribution in [2.45, 2.75) is 38.6 Å². The number of nitrogens with one attached hydrogen (secondary N) is 1. The van der Waals surface area contributed by atoms with Crippen molar-refractivity contribution >= 4 is 0 Å². The molecule has 0 bridgehead atoms. The molecule has 0 heterocycles. The summed E-state index contributed by atoms with van der Waals surface area (Å²) in [6.07, 6.45) is 4.28. The van der Waals surface area contributed by atoms with Crippen LogP contribution in [-0.2, 0) is 19.3 Å². The van der Waals surface area contributed by atoms with E-state index in [0.29, 0.717) is 12.0 Å². The smallest absolute Gasteiger partial charge is 0.128 e. The zero-order valence-corrected chi connectivity index (χ0v) is 12.3. The molecule has 0 radical (unpaired) electrons. The Morgan fingerprint density at radius 2 is 1.95 bits per heavy atom. The Hall–Kier alpha value is -1.71. The number of fused-ring (bicyclic) bond motifs is 1. The van der Waals surface area contributed by atoms with Crippen LogP contribution in [0, 0.1) is 12.7 Å². The molecule has 3 heteroatoms. The number of hydrogen-bond donors (Lipinski definition) is 2. The first kappa shape index (κ1) is 14.2. The second-order valence-electron chi connectivity index (χ2n) is 5.90. The van der Waals surface area contributed by atoms with E-state index in [1.807, 2.05) is 19.1 Å². The van der Waals surface area contributed by atoms with Gasteiger partial charge in [-0.1, -0.05) is 30.3 Å². The number of hydrazine groups is 1. The Bertz CT molecular complexity index is 652. The van der Waals surface area contributed by atoms with Crippen molar-refractivity contribution in [3.05, 3.63) is 70.0 Å². The first-order valence-corrected chi connectivity index (χ1v) is 7.50. The number of benzene rings is 2. The van der Waals surface area contributed by atoms with Crippen molar-refractivity contribution < 1.29 is 4.39 Å². The van der Waals surface area contributed by atoms with Gasteiger partial charge in [-0.25, -0.2) is 4.39 Å². The van der Waals surface area contributed by atoms with Gasteiger partial charge in [0.05, 0.1) is 6.04 Å². The van der Waals surface area contributed by atoms with Crippen LogP contribution in [0.25, 0.3) is 0 Å². The first-order chi connectivity index (χ1) is 10.2. The molecule has 1 aliphatic carbocycles. The van der Waals surface area contributed by atoms with Crippen LogP contribution in [0.2, 0.25) is 0 Å². The standard InChI is InChI=1S/C18H21FN2/c1-12-5-8-16(17(19)9-12)18(21-20)11-13-6-7-14-3-2-4-15(14)10-13/h5-10,18,21H,2-4,11,20H2,1H3. The number of rotatable bonds is 4. The Morgan fingerprint density at radius 1 is 1.14 bits per heavy atom. The molecule has 3 N–H and O–H groups in total. The Morgan fingerprint density at radius 3 is 2.71 bits per heavy atom. The van der Waals surface area contributed by atoms with Crippen molar-refractivity contribution in [2.75, 3.05) is 0 Å². The van der Waals surface area contributed by atoms with E-state index in [2.05, 4.69) is 23.6 Å². The fourth-order valence-electron chi connectivity index (χ4n) is 3.16. The summed E-state index contributed by atoms with van der Waals surface area (Å²) in [4.78, 5) is 0. The van der Waals surface area contributed by atoms with Crippen LogP contribution in [0.1, 0.15) is 40.3 Å². The predicted molar refractivity (Wildman–Crippen MR) is 83.4 cm³/mol. The summed E-state index contributed by atoms with van der Waals surface area (Å²) in [7, 11) is 0. The van der Waals surface area contributed by atoms with Gasteiger partial charge in [-0.3, -0.25) is 11.3 Å². The summed E-state index contributed by atoms with van der Waals surface area (Å²) in [5, 5.41) is 0. The van der Waals surface area contributed by atoms with Crippen molar-refractivity contribution in [3.63, 3.8) is 0 Å². The van der Waals surface area contributed by atoms with E-state index >= 15 is 0 Å². The Balaban J connectivity index is 1.84. The maximum atomic E-state index is 14.1. The number of aryl methyl sites for hydroxylation is 3. The highest BCUT2D eigenvalue weighted by atomic mass is 19.1. The fraction of sp³-hybridized carbons (Fsp3) is 0.333. The van der Waals surface area contributed by atoms with Gasteiger partial charge in [-0.15, -0.1) is 0 Å². The topological polar surface area (TPSA) is 38.0 Å². The molecule has 3 rings (SSSR count). The summed E-state index contributed by atoms with van der Waals surface area (Å²) in [6.45, 7) is 1.89. The molecule has 1 unspecified atom stereocenters.